The number of rotatable bonds is 14. The first-order chi connectivity index (χ1) is 10.8. The summed E-state index contributed by atoms with van der Waals surface area (Å²) in [5, 5.41) is 0. The second kappa shape index (κ2) is 12.4. The number of hydrogen-bond donors (Lipinski definition) is 0. The molecule has 0 aromatic carbocycles. The van der Waals surface area contributed by atoms with Crippen molar-refractivity contribution in [2.24, 2.45) is 4.99 Å². The van der Waals surface area contributed by atoms with Crippen LogP contribution >= 0.6 is 0 Å². The molecule has 126 valence electrons. The van der Waals surface area contributed by atoms with E-state index in [1.807, 2.05) is 6.08 Å². The van der Waals surface area contributed by atoms with Crippen LogP contribution in [0.1, 0.15) is 84.0 Å². The summed E-state index contributed by atoms with van der Waals surface area (Å²) < 4.78 is 4.64. The second-order valence-corrected chi connectivity index (χ2v) is 6.21. The van der Waals surface area contributed by atoms with Crippen LogP contribution in [0, 0.1) is 0 Å². The number of carbonyl (C=O) groups excluding carboxylic acids is 1. The van der Waals surface area contributed by atoms with E-state index in [4.69, 9.17) is 0 Å². The molecule has 0 saturated carbocycles. The minimum Gasteiger partial charge on any atom is -0.467 e. The Balaban J connectivity index is 1.79. The fourth-order valence-electron chi connectivity index (χ4n) is 2.66. The highest BCUT2D eigenvalue weighted by Crippen LogP contribution is 2.15. The molecule has 1 unspecified atom stereocenters. The van der Waals surface area contributed by atoms with Crippen LogP contribution in [0.4, 0.5) is 0 Å². The van der Waals surface area contributed by atoms with Crippen molar-refractivity contribution in [3.63, 3.8) is 0 Å². The van der Waals surface area contributed by atoms with E-state index in [2.05, 4.69) is 22.7 Å². The average molecular weight is 307 g/mol. The largest absolute Gasteiger partial charge is 0.467 e. The average Bonchev–Trinajstić information content (AvgIpc) is 3.30. The zero-order valence-corrected chi connectivity index (χ0v) is 14.5. The second-order valence-electron chi connectivity index (χ2n) is 6.21. The van der Waals surface area contributed by atoms with E-state index >= 15 is 0 Å². The lowest BCUT2D eigenvalue weighted by molar-refractivity contribution is -0.139. The quantitative estimate of drug-likeness (QED) is 0.325. The van der Waals surface area contributed by atoms with E-state index in [1.54, 1.807) is 0 Å². The van der Waals surface area contributed by atoms with Crippen LogP contribution in [-0.4, -0.2) is 24.8 Å². The van der Waals surface area contributed by atoms with E-state index in [9.17, 15) is 4.79 Å². The van der Waals surface area contributed by atoms with E-state index in [0.29, 0.717) is 0 Å². The molecule has 1 rings (SSSR count). The van der Waals surface area contributed by atoms with Gasteiger partial charge in [-0.3, -0.25) is 4.99 Å². The van der Waals surface area contributed by atoms with Crippen molar-refractivity contribution in [3.8, 4) is 0 Å². The highest BCUT2D eigenvalue weighted by atomic mass is 16.5. The number of ether oxygens (including phenoxy) is 1. The lowest BCUT2D eigenvalue weighted by Crippen LogP contribution is -2.12. The molecule has 1 heterocycles. The number of esters is 1. The molecular formula is C19H33NO2. The molecule has 0 aromatic heterocycles. The van der Waals surface area contributed by atoms with E-state index < -0.39 is 0 Å². The Morgan fingerprint density at radius 1 is 1.00 bits per heavy atom. The van der Waals surface area contributed by atoms with Crippen molar-refractivity contribution < 1.29 is 9.53 Å². The molecule has 0 N–H and O–H groups in total. The normalized spacial score (nSPS) is 16.8. The minimum absolute atomic E-state index is 0.241. The van der Waals surface area contributed by atoms with Gasteiger partial charge in [0.15, 0.2) is 6.04 Å². The maximum absolute atomic E-state index is 11.1. The Bertz CT molecular complexity index is 360. The van der Waals surface area contributed by atoms with E-state index in [1.165, 1.54) is 77.7 Å². The van der Waals surface area contributed by atoms with Crippen molar-refractivity contribution in [3.05, 3.63) is 12.2 Å². The first-order valence-corrected chi connectivity index (χ1v) is 9.11. The SMILES string of the molecule is CCCCCCCCCCCCC/C=C\C1=NC1C(=O)OC. The summed E-state index contributed by atoms with van der Waals surface area (Å²) in [4.78, 5) is 15.2. The van der Waals surface area contributed by atoms with E-state index in [0.717, 1.165) is 12.1 Å². The van der Waals surface area contributed by atoms with Crippen molar-refractivity contribution in [1.82, 2.24) is 0 Å². The highest BCUT2D eigenvalue weighted by molar-refractivity contribution is 6.21. The van der Waals surface area contributed by atoms with Crippen LogP contribution in [0.3, 0.4) is 0 Å². The number of carbonyl (C=O) groups is 1. The van der Waals surface area contributed by atoms with Gasteiger partial charge in [-0.25, -0.2) is 4.79 Å². The topological polar surface area (TPSA) is 38.7 Å². The number of unbranched alkanes of at least 4 members (excludes halogenated alkanes) is 11. The molecule has 1 atom stereocenters. The Labute approximate surface area is 136 Å². The third-order valence-corrected chi connectivity index (χ3v) is 4.18. The molecule has 22 heavy (non-hydrogen) atoms. The maximum atomic E-state index is 11.1. The highest BCUT2D eigenvalue weighted by Gasteiger charge is 2.33. The molecule has 0 spiro atoms. The summed E-state index contributed by atoms with van der Waals surface area (Å²) in [7, 11) is 1.41. The Kier molecular flexibility index (Phi) is 10.7. The number of aliphatic imine (C=N–C) groups is 1. The number of hydrogen-bond acceptors (Lipinski definition) is 3. The fraction of sp³-hybridized carbons (Fsp3) is 0.789. The summed E-state index contributed by atoms with van der Waals surface area (Å²) >= 11 is 0. The predicted octanol–water partition coefficient (Wildman–Crippen LogP) is 5.24. The molecule has 0 radical (unpaired) electrons. The van der Waals surface area contributed by atoms with Gasteiger partial charge >= 0.3 is 5.97 Å². The molecule has 1 aliphatic heterocycles. The first-order valence-electron chi connectivity index (χ1n) is 9.11. The Morgan fingerprint density at radius 3 is 2.09 bits per heavy atom. The minimum atomic E-state index is -0.307. The van der Waals surface area contributed by atoms with Crippen LogP contribution < -0.4 is 0 Å². The maximum Gasteiger partial charge on any atom is 0.336 e. The van der Waals surface area contributed by atoms with Crippen molar-refractivity contribution in [2.75, 3.05) is 7.11 Å². The molecule has 0 aliphatic carbocycles. The predicted molar refractivity (Wildman–Crippen MR) is 93.5 cm³/mol. The van der Waals surface area contributed by atoms with Gasteiger partial charge in [0.1, 0.15) is 0 Å². The third-order valence-electron chi connectivity index (χ3n) is 4.18. The van der Waals surface area contributed by atoms with Crippen LogP contribution in [0.25, 0.3) is 0 Å². The summed E-state index contributed by atoms with van der Waals surface area (Å²) in [5.74, 6) is -0.241. The van der Waals surface area contributed by atoms with Crippen molar-refractivity contribution >= 4 is 11.7 Å². The summed E-state index contributed by atoms with van der Waals surface area (Å²) in [6.45, 7) is 2.27. The number of allylic oxidation sites excluding steroid dienone is 1. The molecule has 3 heteroatoms. The van der Waals surface area contributed by atoms with E-state index in [-0.39, 0.29) is 12.0 Å². The molecule has 1 aliphatic rings. The summed E-state index contributed by atoms with van der Waals surface area (Å²) in [6, 6.07) is -0.307. The smallest absolute Gasteiger partial charge is 0.336 e. The van der Waals surface area contributed by atoms with Gasteiger partial charge in [0, 0.05) is 0 Å². The zero-order valence-electron chi connectivity index (χ0n) is 14.5. The monoisotopic (exact) mass is 307 g/mol. The van der Waals surface area contributed by atoms with Gasteiger partial charge in [-0.15, -0.1) is 0 Å². The molecule has 0 saturated heterocycles. The molecular weight excluding hydrogens is 274 g/mol. The molecule has 0 bridgehead atoms. The first kappa shape index (κ1) is 18.9. The number of nitrogens with zero attached hydrogens (tertiary/aromatic N) is 1. The van der Waals surface area contributed by atoms with Crippen LogP contribution in [-0.2, 0) is 9.53 Å². The molecule has 0 fully saturated rings. The van der Waals surface area contributed by atoms with Crippen LogP contribution in [0.15, 0.2) is 17.1 Å². The Hall–Kier alpha value is -1.12. The summed E-state index contributed by atoms with van der Waals surface area (Å²) in [5.41, 5.74) is 0.870. The lowest BCUT2D eigenvalue weighted by Gasteiger charge is -2.01. The summed E-state index contributed by atoms with van der Waals surface area (Å²) in [6.07, 6.45) is 20.3. The van der Waals surface area contributed by atoms with Gasteiger partial charge < -0.3 is 4.74 Å². The van der Waals surface area contributed by atoms with Gasteiger partial charge in [0.05, 0.1) is 12.8 Å². The van der Waals surface area contributed by atoms with Crippen LogP contribution in [0.2, 0.25) is 0 Å². The molecule has 0 amide bonds. The molecule has 0 aromatic rings. The van der Waals surface area contributed by atoms with Gasteiger partial charge in [-0.05, 0) is 18.9 Å². The number of methoxy groups -OCH3 is 1. The van der Waals surface area contributed by atoms with Crippen molar-refractivity contribution in [1.29, 1.82) is 0 Å². The third kappa shape index (κ3) is 9.01. The van der Waals surface area contributed by atoms with Gasteiger partial charge in [-0.1, -0.05) is 77.2 Å². The van der Waals surface area contributed by atoms with Crippen LogP contribution in [0.5, 0.6) is 0 Å². The zero-order chi connectivity index (χ0) is 16.0. The fourth-order valence-corrected chi connectivity index (χ4v) is 2.66. The van der Waals surface area contributed by atoms with Gasteiger partial charge in [-0.2, -0.15) is 0 Å². The Morgan fingerprint density at radius 2 is 1.55 bits per heavy atom. The standard InChI is InChI=1S/C19H33NO2/c1-3-4-5-6-7-8-9-10-11-12-13-14-15-16-17-18(20-17)19(21)22-2/h15-16,18H,3-14H2,1-2H3/b16-15-. The van der Waals surface area contributed by atoms with Gasteiger partial charge in [0.2, 0.25) is 0 Å². The van der Waals surface area contributed by atoms with Crippen molar-refractivity contribution in [2.45, 2.75) is 90.0 Å². The molecule has 3 nitrogen and oxygen atoms in total. The lowest BCUT2D eigenvalue weighted by atomic mass is 10.1. The van der Waals surface area contributed by atoms with Gasteiger partial charge in [0.25, 0.3) is 0 Å².